The number of unbranched alkanes of at least 4 members (excludes halogenated alkanes) is 1. The van der Waals surface area contributed by atoms with Crippen LogP contribution in [0.15, 0.2) is 17.1 Å². The van der Waals surface area contributed by atoms with E-state index >= 15 is 0 Å². The lowest BCUT2D eigenvalue weighted by Crippen LogP contribution is -2.25. The van der Waals surface area contributed by atoms with Gasteiger partial charge in [0.2, 0.25) is 0 Å². The quantitative estimate of drug-likeness (QED) is 0.564. The second-order valence-corrected chi connectivity index (χ2v) is 4.06. The largest absolute Gasteiger partial charge is 0.373 e. The van der Waals surface area contributed by atoms with Crippen LogP contribution in [-0.2, 0) is 6.54 Å². The van der Waals surface area contributed by atoms with Crippen LogP contribution >= 0.6 is 11.6 Å². The number of nitrogens with zero attached hydrogens (tertiary/aromatic N) is 3. The summed E-state index contributed by atoms with van der Waals surface area (Å²) in [6, 6.07) is 1.62. The Kier molecular flexibility index (Phi) is 5.32. The lowest BCUT2D eigenvalue weighted by atomic mass is 10.3. The Bertz CT molecular complexity index is 378. The van der Waals surface area contributed by atoms with Crippen molar-refractivity contribution in [3.8, 4) is 0 Å². The fourth-order valence-electron chi connectivity index (χ4n) is 1.34. The summed E-state index contributed by atoms with van der Waals surface area (Å²) in [6.07, 6.45) is 3.53. The summed E-state index contributed by atoms with van der Waals surface area (Å²) in [4.78, 5) is 13.7. The van der Waals surface area contributed by atoms with Gasteiger partial charge in [0.25, 0.3) is 5.56 Å². The Labute approximate surface area is 101 Å². The number of hydrogen-bond acceptors (Lipinski definition) is 3. The average Bonchev–Trinajstić information content (AvgIpc) is 2.30. The van der Waals surface area contributed by atoms with Crippen LogP contribution in [0.1, 0.15) is 19.8 Å². The van der Waals surface area contributed by atoms with E-state index in [1.54, 1.807) is 12.3 Å². The molecule has 0 spiro atoms. The van der Waals surface area contributed by atoms with Crippen LogP contribution in [0.3, 0.4) is 0 Å². The van der Waals surface area contributed by atoms with Gasteiger partial charge in [-0.15, -0.1) is 11.6 Å². The number of alkyl halides is 1. The summed E-state index contributed by atoms with van der Waals surface area (Å²) in [7, 11) is 1.94. The molecule has 0 saturated heterocycles. The Hall–Kier alpha value is -1.03. The highest BCUT2D eigenvalue weighted by molar-refractivity contribution is 6.17. The molecule has 0 fully saturated rings. The van der Waals surface area contributed by atoms with Crippen molar-refractivity contribution in [2.45, 2.75) is 26.3 Å². The van der Waals surface area contributed by atoms with Crippen molar-refractivity contribution >= 4 is 17.3 Å². The third-order valence-corrected chi connectivity index (χ3v) is 2.79. The number of halogens is 1. The van der Waals surface area contributed by atoms with E-state index < -0.39 is 0 Å². The average molecular weight is 244 g/mol. The third kappa shape index (κ3) is 3.52. The number of anilines is 1. The number of hydrogen-bond donors (Lipinski definition) is 0. The highest BCUT2D eigenvalue weighted by Gasteiger charge is 2.02. The highest BCUT2D eigenvalue weighted by Crippen LogP contribution is 2.06. The zero-order valence-corrected chi connectivity index (χ0v) is 10.6. The molecule has 0 bridgehead atoms. The normalized spacial score (nSPS) is 10.4. The lowest BCUT2D eigenvalue weighted by Gasteiger charge is -2.16. The van der Waals surface area contributed by atoms with E-state index in [-0.39, 0.29) is 5.56 Å². The van der Waals surface area contributed by atoms with Gasteiger partial charge in [0, 0.05) is 32.1 Å². The molecule has 0 aromatic carbocycles. The molecule has 0 saturated carbocycles. The van der Waals surface area contributed by atoms with Gasteiger partial charge < -0.3 is 4.90 Å². The fourth-order valence-corrected chi connectivity index (χ4v) is 1.53. The van der Waals surface area contributed by atoms with E-state index in [0.717, 1.165) is 25.1 Å². The second-order valence-electron chi connectivity index (χ2n) is 3.69. The van der Waals surface area contributed by atoms with Crippen molar-refractivity contribution < 1.29 is 0 Å². The summed E-state index contributed by atoms with van der Waals surface area (Å²) < 4.78 is 1.49. The van der Waals surface area contributed by atoms with Gasteiger partial charge in [-0.1, -0.05) is 0 Å². The monoisotopic (exact) mass is 243 g/mol. The molecule has 1 rings (SSSR count). The first-order valence-electron chi connectivity index (χ1n) is 5.53. The van der Waals surface area contributed by atoms with E-state index in [0.29, 0.717) is 12.4 Å². The zero-order valence-electron chi connectivity index (χ0n) is 9.82. The smallest absolute Gasteiger partial charge is 0.268 e. The van der Waals surface area contributed by atoms with Crippen LogP contribution in [0.4, 0.5) is 5.69 Å². The van der Waals surface area contributed by atoms with E-state index in [2.05, 4.69) is 5.10 Å². The summed E-state index contributed by atoms with van der Waals surface area (Å²) in [6.45, 7) is 3.53. The van der Waals surface area contributed by atoms with Crippen LogP contribution in [0.2, 0.25) is 0 Å². The minimum atomic E-state index is -0.0487. The zero-order chi connectivity index (χ0) is 12.0. The van der Waals surface area contributed by atoms with E-state index in [4.69, 9.17) is 11.6 Å². The molecule has 0 N–H and O–H groups in total. The summed E-state index contributed by atoms with van der Waals surface area (Å²) >= 11 is 5.58. The standard InChI is InChI=1S/C11H18ClN3O/c1-3-14(2)10-8-11(16)15(13-9-10)7-5-4-6-12/h8-9H,3-7H2,1-2H3. The molecule has 5 heteroatoms. The van der Waals surface area contributed by atoms with Gasteiger partial charge in [0.15, 0.2) is 0 Å². The summed E-state index contributed by atoms with van der Waals surface area (Å²) in [5.41, 5.74) is 0.813. The molecule has 16 heavy (non-hydrogen) atoms. The van der Waals surface area contributed by atoms with Crippen molar-refractivity contribution in [2.75, 3.05) is 24.4 Å². The maximum atomic E-state index is 11.7. The van der Waals surface area contributed by atoms with Crippen molar-refractivity contribution in [1.82, 2.24) is 9.78 Å². The molecule has 0 aliphatic carbocycles. The maximum Gasteiger partial charge on any atom is 0.268 e. The SMILES string of the molecule is CCN(C)c1cnn(CCCCCl)c(=O)c1. The number of aromatic nitrogens is 2. The predicted molar refractivity (Wildman–Crippen MR) is 67.4 cm³/mol. The van der Waals surface area contributed by atoms with Crippen LogP contribution < -0.4 is 10.5 Å². The summed E-state index contributed by atoms with van der Waals surface area (Å²) in [5.74, 6) is 0.630. The maximum absolute atomic E-state index is 11.7. The van der Waals surface area contributed by atoms with Crippen LogP contribution in [0, 0.1) is 0 Å². The molecule has 0 unspecified atom stereocenters. The molecule has 0 aliphatic rings. The van der Waals surface area contributed by atoms with Crippen molar-refractivity contribution in [1.29, 1.82) is 0 Å². The van der Waals surface area contributed by atoms with Gasteiger partial charge in [-0.25, -0.2) is 4.68 Å². The molecule has 0 atom stereocenters. The predicted octanol–water partition coefficient (Wildman–Crippen LogP) is 1.72. The van der Waals surface area contributed by atoms with Gasteiger partial charge in [-0.05, 0) is 19.8 Å². The molecule has 0 radical (unpaired) electrons. The molecule has 4 nitrogen and oxygen atoms in total. The lowest BCUT2D eigenvalue weighted by molar-refractivity contribution is 0.543. The van der Waals surface area contributed by atoms with Gasteiger partial charge in [0.1, 0.15) is 0 Å². The van der Waals surface area contributed by atoms with Gasteiger partial charge >= 0.3 is 0 Å². The Morgan fingerprint density at radius 3 is 2.81 bits per heavy atom. The first-order valence-corrected chi connectivity index (χ1v) is 6.06. The molecule has 1 aromatic heterocycles. The van der Waals surface area contributed by atoms with Crippen molar-refractivity contribution in [2.24, 2.45) is 0 Å². The van der Waals surface area contributed by atoms with Gasteiger partial charge in [0.05, 0.1) is 11.9 Å². The third-order valence-electron chi connectivity index (χ3n) is 2.52. The minimum absolute atomic E-state index is 0.0487. The Morgan fingerprint density at radius 1 is 1.50 bits per heavy atom. The molecule has 1 aromatic rings. The van der Waals surface area contributed by atoms with Gasteiger partial charge in [-0.3, -0.25) is 4.79 Å². The number of rotatable bonds is 6. The molecular formula is C11H18ClN3O. The van der Waals surface area contributed by atoms with Gasteiger partial charge in [-0.2, -0.15) is 5.10 Å². The molecule has 90 valence electrons. The minimum Gasteiger partial charge on any atom is -0.373 e. The van der Waals surface area contributed by atoms with Crippen molar-refractivity contribution in [3.63, 3.8) is 0 Å². The fraction of sp³-hybridized carbons (Fsp3) is 0.636. The molecule has 1 heterocycles. The Morgan fingerprint density at radius 2 is 2.25 bits per heavy atom. The van der Waals surface area contributed by atoms with E-state index in [9.17, 15) is 4.79 Å². The van der Waals surface area contributed by atoms with E-state index in [1.807, 2.05) is 18.9 Å². The number of aryl methyl sites for hydroxylation is 1. The van der Waals surface area contributed by atoms with E-state index in [1.165, 1.54) is 4.68 Å². The second kappa shape index (κ2) is 6.53. The summed E-state index contributed by atoms with van der Waals surface area (Å²) in [5, 5.41) is 4.14. The van der Waals surface area contributed by atoms with Crippen LogP contribution in [0.25, 0.3) is 0 Å². The molecular weight excluding hydrogens is 226 g/mol. The molecule has 0 amide bonds. The first kappa shape index (κ1) is 13.0. The van der Waals surface area contributed by atoms with Crippen molar-refractivity contribution in [3.05, 3.63) is 22.6 Å². The highest BCUT2D eigenvalue weighted by atomic mass is 35.5. The first-order chi connectivity index (χ1) is 7.69. The van der Waals surface area contributed by atoms with Crippen LogP contribution in [0.5, 0.6) is 0 Å². The van der Waals surface area contributed by atoms with Crippen LogP contribution in [-0.4, -0.2) is 29.3 Å². The Balaban J connectivity index is 2.72. The topological polar surface area (TPSA) is 38.1 Å². The molecule has 0 aliphatic heterocycles.